The van der Waals surface area contributed by atoms with Crippen molar-refractivity contribution in [1.82, 2.24) is 4.98 Å². The number of fused-ring (bicyclic) bond motifs is 1. The van der Waals surface area contributed by atoms with Crippen LogP contribution in [0, 0.1) is 6.92 Å². The summed E-state index contributed by atoms with van der Waals surface area (Å²) < 4.78 is 37.7. The van der Waals surface area contributed by atoms with Gasteiger partial charge in [-0.05, 0) is 13.0 Å². The molecule has 13 heavy (non-hydrogen) atoms. The molecule has 0 unspecified atom stereocenters. The highest BCUT2D eigenvalue weighted by atomic mass is 32.1. The highest BCUT2D eigenvalue weighted by Gasteiger charge is 2.34. The van der Waals surface area contributed by atoms with E-state index in [2.05, 4.69) is 4.98 Å². The van der Waals surface area contributed by atoms with Crippen molar-refractivity contribution in [2.24, 2.45) is 0 Å². The zero-order valence-corrected chi connectivity index (χ0v) is 7.51. The highest BCUT2D eigenvalue weighted by Crippen LogP contribution is 2.38. The van der Waals surface area contributed by atoms with Gasteiger partial charge in [-0.2, -0.15) is 13.2 Å². The fourth-order valence-electron chi connectivity index (χ4n) is 1.25. The molecule has 0 bridgehead atoms. The number of nitrogens with one attached hydrogen (secondary N) is 1. The van der Waals surface area contributed by atoms with E-state index in [1.54, 1.807) is 13.0 Å². The third kappa shape index (κ3) is 1.33. The second-order valence-electron chi connectivity index (χ2n) is 2.84. The Morgan fingerprint density at radius 1 is 1.38 bits per heavy atom. The Kier molecular flexibility index (Phi) is 1.66. The van der Waals surface area contributed by atoms with Crippen LogP contribution in [0.5, 0.6) is 0 Å². The number of alkyl halides is 3. The number of hydrogen-bond donors (Lipinski definition) is 1. The third-order valence-electron chi connectivity index (χ3n) is 1.79. The molecule has 70 valence electrons. The van der Waals surface area contributed by atoms with Crippen molar-refractivity contribution in [2.75, 3.05) is 0 Å². The molecule has 0 atom stereocenters. The average molecular weight is 205 g/mol. The van der Waals surface area contributed by atoms with Crippen molar-refractivity contribution in [3.63, 3.8) is 0 Å². The smallest absolute Gasteiger partial charge is 0.357 e. The summed E-state index contributed by atoms with van der Waals surface area (Å²) in [5.41, 5.74) is 0.392. The Labute approximate surface area is 76.2 Å². The van der Waals surface area contributed by atoms with E-state index in [0.717, 1.165) is 22.4 Å². The van der Waals surface area contributed by atoms with Crippen molar-refractivity contribution in [3.05, 3.63) is 22.7 Å². The minimum absolute atomic E-state index is 0.204. The Bertz CT molecular complexity index is 438. The zero-order chi connectivity index (χ0) is 9.64. The standard InChI is InChI=1S/C8H6F3NS/c1-4-2-6-7(12-4)5(3-13-6)8(9,10)11/h2-3,12H,1H3. The summed E-state index contributed by atoms with van der Waals surface area (Å²) >= 11 is 1.11. The first-order valence-electron chi connectivity index (χ1n) is 3.62. The maximum Gasteiger partial charge on any atom is 0.419 e. The molecular weight excluding hydrogens is 199 g/mol. The quantitative estimate of drug-likeness (QED) is 0.676. The second kappa shape index (κ2) is 2.51. The van der Waals surface area contributed by atoms with Crippen LogP contribution in [-0.4, -0.2) is 4.98 Å². The molecule has 2 aromatic heterocycles. The molecule has 2 rings (SSSR count). The lowest BCUT2D eigenvalue weighted by Crippen LogP contribution is -2.03. The van der Waals surface area contributed by atoms with Crippen LogP contribution in [0.2, 0.25) is 0 Å². The molecule has 0 spiro atoms. The molecule has 0 amide bonds. The van der Waals surface area contributed by atoms with Gasteiger partial charge in [-0.1, -0.05) is 0 Å². The minimum Gasteiger partial charge on any atom is -0.357 e. The van der Waals surface area contributed by atoms with Crippen LogP contribution in [0.3, 0.4) is 0 Å². The number of aryl methyl sites for hydroxylation is 1. The maximum absolute atomic E-state index is 12.3. The summed E-state index contributed by atoms with van der Waals surface area (Å²) in [6, 6.07) is 1.72. The summed E-state index contributed by atoms with van der Waals surface area (Å²) in [5, 5.41) is 1.14. The van der Waals surface area contributed by atoms with Gasteiger partial charge in [0.1, 0.15) is 0 Å². The van der Waals surface area contributed by atoms with Gasteiger partial charge in [0.15, 0.2) is 0 Å². The number of thiophene rings is 1. The van der Waals surface area contributed by atoms with Gasteiger partial charge in [0.25, 0.3) is 0 Å². The van der Waals surface area contributed by atoms with Crippen LogP contribution in [0.4, 0.5) is 13.2 Å². The highest BCUT2D eigenvalue weighted by molar-refractivity contribution is 7.17. The third-order valence-corrected chi connectivity index (χ3v) is 2.72. The Morgan fingerprint density at radius 3 is 2.69 bits per heavy atom. The van der Waals surface area contributed by atoms with Crippen LogP contribution in [-0.2, 0) is 6.18 Å². The van der Waals surface area contributed by atoms with E-state index < -0.39 is 11.7 Å². The van der Waals surface area contributed by atoms with Gasteiger partial charge < -0.3 is 4.98 Å². The molecule has 0 aliphatic carbocycles. The average Bonchev–Trinajstić information content (AvgIpc) is 2.41. The molecule has 0 aliphatic rings. The van der Waals surface area contributed by atoms with Crippen LogP contribution in [0.15, 0.2) is 11.4 Å². The predicted molar refractivity (Wildman–Crippen MR) is 45.9 cm³/mol. The zero-order valence-electron chi connectivity index (χ0n) is 6.70. The van der Waals surface area contributed by atoms with E-state index in [0.29, 0.717) is 4.70 Å². The van der Waals surface area contributed by atoms with Crippen molar-refractivity contribution < 1.29 is 13.2 Å². The van der Waals surface area contributed by atoms with Crippen molar-refractivity contribution in [3.8, 4) is 0 Å². The largest absolute Gasteiger partial charge is 0.419 e. The van der Waals surface area contributed by atoms with Crippen molar-refractivity contribution in [2.45, 2.75) is 13.1 Å². The monoisotopic (exact) mass is 205 g/mol. The van der Waals surface area contributed by atoms with E-state index in [4.69, 9.17) is 0 Å². The van der Waals surface area contributed by atoms with E-state index in [1.165, 1.54) is 0 Å². The second-order valence-corrected chi connectivity index (χ2v) is 3.75. The van der Waals surface area contributed by atoms with Gasteiger partial charge in [-0.3, -0.25) is 0 Å². The predicted octanol–water partition coefficient (Wildman–Crippen LogP) is 3.56. The molecule has 0 radical (unpaired) electrons. The van der Waals surface area contributed by atoms with E-state index in [-0.39, 0.29) is 5.52 Å². The number of rotatable bonds is 0. The lowest BCUT2D eigenvalue weighted by molar-refractivity contribution is -0.136. The van der Waals surface area contributed by atoms with E-state index in [9.17, 15) is 13.2 Å². The fourth-order valence-corrected chi connectivity index (χ4v) is 2.27. The Morgan fingerprint density at radius 2 is 2.08 bits per heavy atom. The van der Waals surface area contributed by atoms with Gasteiger partial charge in [0.2, 0.25) is 0 Å². The molecule has 0 saturated heterocycles. The Hall–Kier alpha value is -0.970. The number of hydrogen-bond acceptors (Lipinski definition) is 1. The molecule has 0 fully saturated rings. The van der Waals surface area contributed by atoms with Gasteiger partial charge in [0.05, 0.1) is 15.8 Å². The van der Waals surface area contributed by atoms with Crippen LogP contribution in [0.1, 0.15) is 11.3 Å². The molecule has 0 saturated carbocycles. The lowest BCUT2D eigenvalue weighted by atomic mass is 10.3. The maximum atomic E-state index is 12.3. The normalized spacial score (nSPS) is 12.6. The van der Waals surface area contributed by atoms with Gasteiger partial charge in [0, 0.05) is 11.1 Å². The first kappa shape index (κ1) is 8.62. The molecule has 1 nitrogen and oxygen atoms in total. The first-order chi connectivity index (χ1) is 5.98. The molecule has 1 N–H and O–H groups in total. The van der Waals surface area contributed by atoms with Gasteiger partial charge in [-0.15, -0.1) is 11.3 Å². The molecule has 5 heteroatoms. The summed E-state index contributed by atoms with van der Waals surface area (Å²) in [7, 11) is 0. The topological polar surface area (TPSA) is 15.8 Å². The Balaban J connectivity index is 2.70. The van der Waals surface area contributed by atoms with Gasteiger partial charge in [-0.25, -0.2) is 0 Å². The lowest BCUT2D eigenvalue weighted by Gasteiger charge is -2.02. The molecule has 0 aliphatic heterocycles. The van der Waals surface area contributed by atoms with Crippen molar-refractivity contribution in [1.29, 1.82) is 0 Å². The van der Waals surface area contributed by atoms with Gasteiger partial charge >= 0.3 is 6.18 Å². The summed E-state index contributed by atoms with van der Waals surface area (Å²) in [5.74, 6) is 0. The van der Waals surface area contributed by atoms with E-state index >= 15 is 0 Å². The van der Waals surface area contributed by atoms with Crippen molar-refractivity contribution >= 4 is 21.6 Å². The van der Waals surface area contributed by atoms with Crippen LogP contribution in [0.25, 0.3) is 10.2 Å². The summed E-state index contributed by atoms with van der Waals surface area (Å²) in [6.07, 6.45) is -4.25. The summed E-state index contributed by atoms with van der Waals surface area (Å²) in [4.78, 5) is 2.70. The number of aromatic nitrogens is 1. The molecular formula is C8H6F3NS. The molecule has 2 heterocycles. The number of halogens is 3. The minimum atomic E-state index is -4.25. The molecule has 0 aromatic carbocycles. The van der Waals surface area contributed by atoms with E-state index in [1.807, 2.05) is 0 Å². The van der Waals surface area contributed by atoms with Crippen LogP contribution >= 0.6 is 11.3 Å². The number of H-pyrrole nitrogens is 1. The SMILES string of the molecule is Cc1cc2scc(C(F)(F)F)c2[nH]1. The fraction of sp³-hybridized carbons (Fsp3) is 0.250. The summed E-state index contributed by atoms with van der Waals surface area (Å²) in [6.45, 7) is 1.74. The molecule has 2 aromatic rings. The van der Waals surface area contributed by atoms with Crippen LogP contribution < -0.4 is 0 Å². The number of aromatic amines is 1. The first-order valence-corrected chi connectivity index (χ1v) is 4.50.